The Hall–Kier alpha value is -2.66. The second-order valence-electron chi connectivity index (χ2n) is 6.35. The highest BCUT2D eigenvalue weighted by atomic mass is 16.5. The molecule has 2 aromatic heterocycles. The van der Waals surface area contributed by atoms with Crippen molar-refractivity contribution in [1.29, 1.82) is 0 Å². The Morgan fingerprint density at radius 1 is 1.24 bits per heavy atom. The minimum atomic E-state index is 0.227. The van der Waals surface area contributed by atoms with Crippen LogP contribution in [0.5, 0.6) is 11.6 Å². The normalized spacial score (nSPS) is 12.2. The monoisotopic (exact) mass is 336 g/mol. The summed E-state index contributed by atoms with van der Waals surface area (Å²) < 4.78 is 7.79. The largest absolute Gasteiger partial charge is 0.439 e. The highest BCUT2D eigenvalue weighted by molar-refractivity contribution is 5.40. The lowest BCUT2D eigenvalue weighted by atomic mass is 10.1. The highest BCUT2D eigenvalue weighted by Crippen LogP contribution is 2.26. The second-order valence-corrected chi connectivity index (χ2v) is 6.35. The zero-order chi connectivity index (χ0) is 17.8. The van der Waals surface area contributed by atoms with Gasteiger partial charge in [0.1, 0.15) is 5.75 Å². The van der Waals surface area contributed by atoms with Gasteiger partial charge in [-0.3, -0.25) is 4.68 Å². The molecule has 0 amide bonds. The highest BCUT2D eigenvalue weighted by Gasteiger charge is 2.08. The van der Waals surface area contributed by atoms with E-state index in [4.69, 9.17) is 4.74 Å². The van der Waals surface area contributed by atoms with Crippen LogP contribution in [-0.2, 0) is 13.6 Å². The first-order valence-corrected chi connectivity index (χ1v) is 8.44. The molecule has 0 aliphatic rings. The first-order chi connectivity index (χ1) is 12.0. The average Bonchev–Trinajstić information content (AvgIpc) is 3.04. The molecule has 5 nitrogen and oxygen atoms in total. The molecule has 2 heterocycles. The van der Waals surface area contributed by atoms with Crippen molar-refractivity contribution in [2.75, 3.05) is 0 Å². The van der Waals surface area contributed by atoms with Crippen molar-refractivity contribution < 1.29 is 4.74 Å². The molecule has 3 aromatic rings. The van der Waals surface area contributed by atoms with Crippen molar-refractivity contribution >= 4 is 0 Å². The summed E-state index contributed by atoms with van der Waals surface area (Å²) in [5.41, 5.74) is 4.65. The average molecular weight is 336 g/mol. The Kier molecular flexibility index (Phi) is 5.14. The van der Waals surface area contributed by atoms with Gasteiger partial charge >= 0.3 is 0 Å². The van der Waals surface area contributed by atoms with Gasteiger partial charge in [-0.05, 0) is 49.6 Å². The van der Waals surface area contributed by atoms with E-state index in [9.17, 15) is 0 Å². The van der Waals surface area contributed by atoms with Crippen molar-refractivity contribution in [2.45, 2.75) is 33.4 Å². The standard InChI is InChI=1S/C20H24N4O/c1-14-6-5-7-19(15(14)2)25-20-10-17(8-9-21-20)11-22-16(3)18-12-23-24(4)13-18/h5-10,12-13,16,22H,11H2,1-4H3/t16-/m1/s1. The number of hydrogen-bond acceptors (Lipinski definition) is 4. The molecule has 0 bridgehead atoms. The summed E-state index contributed by atoms with van der Waals surface area (Å²) in [4.78, 5) is 4.33. The van der Waals surface area contributed by atoms with Gasteiger partial charge in [-0.1, -0.05) is 12.1 Å². The lowest BCUT2D eigenvalue weighted by molar-refractivity contribution is 0.457. The van der Waals surface area contributed by atoms with Crippen LogP contribution in [-0.4, -0.2) is 14.8 Å². The van der Waals surface area contributed by atoms with Crippen LogP contribution in [0.1, 0.15) is 35.2 Å². The number of hydrogen-bond donors (Lipinski definition) is 1. The molecule has 0 radical (unpaired) electrons. The molecule has 0 fully saturated rings. The molecule has 1 aromatic carbocycles. The number of aromatic nitrogens is 3. The number of ether oxygens (including phenoxy) is 1. The van der Waals surface area contributed by atoms with Gasteiger partial charge in [0, 0.05) is 43.7 Å². The Balaban J connectivity index is 1.66. The summed E-state index contributed by atoms with van der Waals surface area (Å²) in [6.07, 6.45) is 5.70. The SMILES string of the molecule is Cc1cccc(Oc2cc(CN[C@H](C)c3cnn(C)c3)ccn2)c1C. The molecule has 0 aliphatic carbocycles. The molecule has 1 N–H and O–H groups in total. The Morgan fingerprint density at radius 2 is 2.08 bits per heavy atom. The van der Waals surface area contributed by atoms with E-state index >= 15 is 0 Å². The minimum absolute atomic E-state index is 0.227. The van der Waals surface area contributed by atoms with Crippen LogP contribution >= 0.6 is 0 Å². The van der Waals surface area contributed by atoms with E-state index in [1.165, 1.54) is 11.1 Å². The van der Waals surface area contributed by atoms with E-state index in [-0.39, 0.29) is 6.04 Å². The smallest absolute Gasteiger partial charge is 0.219 e. The summed E-state index contributed by atoms with van der Waals surface area (Å²) in [6.45, 7) is 7.01. The van der Waals surface area contributed by atoms with Gasteiger partial charge in [-0.2, -0.15) is 5.10 Å². The van der Waals surface area contributed by atoms with Crippen molar-refractivity contribution in [3.8, 4) is 11.6 Å². The molecule has 25 heavy (non-hydrogen) atoms. The second kappa shape index (κ2) is 7.49. The topological polar surface area (TPSA) is 52.0 Å². The predicted octanol–water partition coefficient (Wildman–Crippen LogP) is 4.08. The lowest BCUT2D eigenvalue weighted by Gasteiger charge is -2.13. The number of rotatable bonds is 6. The fourth-order valence-corrected chi connectivity index (χ4v) is 2.62. The van der Waals surface area contributed by atoms with Crippen LogP contribution in [0, 0.1) is 13.8 Å². The van der Waals surface area contributed by atoms with Crippen LogP contribution < -0.4 is 10.1 Å². The maximum Gasteiger partial charge on any atom is 0.219 e. The first-order valence-electron chi connectivity index (χ1n) is 8.44. The quantitative estimate of drug-likeness (QED) is 0.737. The lowest BCUT2D eigenvalue weighted by Crippen LogP contribution is -2.17. The van der Waals surface area contributed by atoms with Gasteiger partial charge in [-0.15, -0.1) is 0 Å². The Labute approximate surface area is 148 Å². The molecule has 0 unspecified atom stereocenters. The van der Waals surface area contributed by atoms with Gasteiger partial charge < -0.3 is 10.1 Å². The van der Waals surface area contributed by atoms with Gasteiger partial charge in [-0.25, -0.2) is 4.98 Å². The van der Waals surface area contributed by atoms with E-state index in [2.05, 4.69) is 42.2 Å². The zero-order valence-corrected chi connectivity index (χ0v) is 15.2. The van der Waals surface area contributed by atoms with Crippen molar-refractivity contribution in [3.63, 3.8) is 0 Å². The summed E-state index contributed by atoms with van der Waals surface area (Å²) in [6, 6.07) is 10.3. The molecule has 3 rings (SSSR count). The molecule has 0 aliphatic heterocycles. The molecule has 0 spiro atoms. The third kappa shape index (κ3) is 4.25. The number of nitrogens with one attached hydrogen (secondary N) is 1. The molecule has 0 saturated heterocycles. The zero-order valence-electron chi connectivity index (χ0n) is 15.2. The van der Waals surface area contributed by atoms with E-state index in [1.807, 2.05) is 48.4 Å². The third-order valence-corrected chi connectivity index (χ3v) is 4.41. The van der Waals surface area contributed by atoms with Crippen LogP contribution in [0.15, 0.2) is 48.9 Å². The predicted molar refractivity (Wildman–Crippen MR) is 98.7 cm³/mol. The fourth-order valence-electron chi connectivity index (χ4n) is 2.62. The summed E-state index contributed by atoms with van der Waals surface area (Å²) in [5.74, 6) is 1.46. The minimum Gasteiger partial charge on any atom is -0.439 e. The number of pyridine rings is 1. The maximum atomic E-state index is 5.97. The van der Waals surface area contributed by atoms with Gasteiger partial charge in [0.2, 0.25) is 5.88 Å². The van der Waals surface area contributed by atoms with E-state index in [1.54, 1.807) is 6.20 Å². The summed E-state index contributed by atoms with van der Waals surface area (Å²) in [7, 11) is 1.93. The van der Waals surface area contributed by atoms with Crippen molar-refractivity contribution in [2.24, 2.45) is 7.05 Å². The van der Waals surface area contributed by atoms with E-state index < -0.39 is 0 Å². The van der Waals surface area contributed by atoms with Gasteiger partial charge in [0.05, 0.1) is 6.20 Å². The summed E-state index contributed by atoms with van der Waals surface area (Å²) in [5, 5.41) is 7.72. The molecule has 0 saturated carbocycles. The number of aryl methyl sites for hydroxylation is 2. The van der Waals surface area contributed by atoms with Gasteiger partial charge in [0.15, 0.2) is 0 Å². The van der Waals surface area contributed by atoms with Crippen LogP contribution in [0.4, 0.5) is 0 Å². The molecule has 5 heteroatoms. The van der Waals surface area contributed by atoms with Crippen molar-refractivity contribution in [3.05, 3.63) is 71.2 Å². The fraction of sp³-hybridized carbons (Fsp3) is 0.300. The third-order valence-electron chi connectivity index (χ3n) is 4.41. The Morgan fingerprint density at radius 3 is 2.84 bits per heavy atom. The molecular weight excluding hydrogens is 312 g/mol. The van der Waals surface area contributed by atoms with Crippen LogP contribution in [0.25, 0.3) is 0 Å². The van der Waals surface area contributed by atoms with Crippen molar-refractivity contribution in [1.82, 2.24) is 20.1 Å². The van der Waals surface area contributed by atoms with Crippen LogP contribution in [0.3, 0.4) is 0 Å². The van der Waals surface area contributed by atoms with E-state index in [0.717, 1.165) is 23.4 Å². The van der Waals surface area contributed by atoms with Gasteiger partial charge in [0.25, 0.3) is 0 Å². The molecule has 1 atom stereocenters. The Bertz CT molecular complexity index is 856. The molecule has 130 valence electrons. The maximum absolute atomic E-state index is 5.97. The van der Waals surface area contributed by atoms with E-state index in [0.29, 0.717) is 5.88 Å². The first kappa shape index (κ1) is 17.2. The molecular formula is C20H24N4O. The van der Waals surface area contributed by atoms with Crippen LogP contribution in [0.2, 0.25) is 0 Å². The summed E-state index contributed by atoms with van der Waals surface area (Å²) >= 11 is 0. The number of benzene rings is 1. The number of nitrogens with zero attached hydrogens (tertiary/aromatic N) is 3.